The number of rotatable bonds is 5. The first kappa shape index (κ1) is 18.1. The van der Waals surface area contributed by atoms with Crippen molar-refractivity contribution in [1.82, 2.24) is 9.80 Å². The molecule has 4 aliphatic rings. The molecule has 0 aromatic carbocycles. The average molecular weight is 348 g/mol. The van der Waals surface area contributed by atoms with Crippen LogP contribution in [0.15, 0.2) is 11.6 Å². The first-order valence-electron chi connectivity index (χ1n) is 9.07. The van der Waals surface area contributed by atoms with Crippen molar-refractivity contribution in [3.8, 4) is 0 Å². The van der Waals surface area contributed by atoms with Crippen molar-refractivity contribution in [3.63, 3.8) is 0 Å². The van der Waals surface area contributed by atoms with Crippen LogP contribution < -0.4 is 0 Å². The molecule has 4 rings (SSSR count). The molecule has 0 spiro atoms. The Morgan fingerprint density at radius 2 is 2.00 bits per heavy atom. The highest BCUT2D eigenvalue weighted by Crippen LogP contribution is 2.58. The van der Waals surface area contributed by atoms with Crippen LogP contribution in [0.4, 0.5) is 0 Å². The minimum atomic E-state index is -0.961. The highest BCUT2D eigenvalue weighted by atomic mass is 16.6. The van der Waals surface area contributed by atoms with E-state index < -0.39 is 17.5 Å². The summed E-state index contributed by atoms with van der Waals surface area (Å²) in [5, 5.41) is 0. The second-order valence-electron chi connectivity index (χ2n) is 8.13. The van der Waals surface area contributed by atoms with Crippen LogP contribution in [0, 0.1) is 23.7 Å². The maximum atomic E-state index is 13.1. The van der Waals surface area contributed by atoms with Crippen molar-refractivity contribution < 1.29 is 19.1 Å². The van der Waals surface area contributed by atoms with Crippen LogP contribution in [-0.2, 0) is 19.1 Å². The molecule has 2 unspecified atom stereocenters. The van der Waals surface area contributed by atoms with E-state index in [4.69, 9.17) is 4.74 Å². The number of amides is 2. The summed E-state index contributed by atoms with van der Waals surface area (Å²) < 4.78 is 5.71. The molecular formula is C19H28N2O4. The van der Waals surface area contributed by atoms with E-state index in [-0.39, 0.29) is 29.6 Å². The van der Waals surface area contributed by atoms with Gasteiger partial charge in [0.15, 0.2) is 0 Å². The van der Waals surface area contributed by atoms with E-state index in [2.05, 4.69) is 6.92 Å². The second-order valence-corrected chi connectivity index (χ2v) is 8.13. The fourth-order valence-electron chi connectivity index (χ4n) is 5.27. The first-order chi connectivity index (χ1) is 11.7. The van der Waals surface area contributed by atoms with Crippen LogP contribution in [0.3, 0.4) is 0 Å². The van der Waals surface area contributed by atoms with Crippen molar-refractivity contribution in [2.24, 2.45) is 23.7 Å². The van der Waals surface area contributed by atoms with Crippen molar-refractivity contribution in [2.45, 2.75) is 39.2 Å². The Balaban J connectivity index is 1.93. The molecule has 0 aromatic rings. The van der Waals surface area contributed by atoms with Crippen molar-refractivity contribution in [3.05, 3.63) is 11.6 Å². The number of fused-ring (bicyclic) bond motifs is 1. The summed E-state index contributed by atoms with van der Waals surface area (Å²) >= 11 is 0. The summed E-state index contributed by atoms with van der Waals surface area (Å²) in [4.78, 5) is 41.3. The highest BCUT2D eigenvalue weighted by molar-refractivity contribution is 6.07. The van der Waals surface area contributed by atoms with E-state index in [9.17, 15) is 14.4 Å². The standard InChI is InChI=1S/C19H28N2O4/c1-11-9-19(25-13(3)22)10-12(2)14(11)15-16(19)18(24)21(17(15)23)8-6-7-20(4)5/h9,12,14-16H,6-8,10H2,1-5H3/t12-,14-,15?,16?,19-/m1/s1. The third-order valence-electron chi connectivity index (χ3n) is 5.93. The Hall–Kier alpha value is -1.69. The lowest BCUT2D eigenvalue weighted by molar-refractivity contribution is -0.173. The predicted molar refractivity (Wildman–Crippen MR) is 92.4 cm³/mol. The Morgan fingerprint density at radius 3 is 2.56 bits per heavy atom. The summed E-state index contributed by atoms with van der Waals surface area (Å²) in [5.41, 5.74) is 0.107. The van der Waals surface area contributed by atoms with E-state index >= 15 is 0 Å². The van der Waals surface area contributed by atoms with Gasteiger partial charge in [-0.05, 0) is 58.3 Å². The lowest BCUT2D eigenvalue weighted by atomic mass is 9.54. The van der Waals surface area contributed by atoms with Gasteiger partial charge in [0.1, 0.15) is 5.60 Å². The number of imide groups is 1. The van der Waals surface area contributed by atoms with Gasteiger partial charge < -0.3 is 9.64 Å². The number of esters is 1. The van der Waals surface area contributed by atoms with E-state index in [1.807, 2.05) is 32.0 Å². The van der Waals surface area contributed by atoms with Crippen molar-refractivity contribution in [2.75, 3.05) is 27.2 Å². The SMILES string of the molecule is CC(=O)O[C@@]12C=C(C)[C@@H](C3C(=O)N(CCCN(C)C)C(=O)C31)[C@H](C)C2. The normalized spacial score (nSPS) is 36.7. The lowest BCUT2D eigenvalue weighted by Gasteiger charge is -2.52. The molecular weight excluding hydrogens is 320 g/mol. The number of hydrogen-bond donors (Lipinski definition) is 0. The van der Waals surface area contributed by atoms with Gasteiger partial charge in [-0.1, -0.05) is 12.5 Å². The molecule has 3 aliphatic carbocycles. The molecule has 1 saturated carbocycles. The van der Waals surface area contributed by atoms with Crippen LogP contribution in [0.25, 0.3) is 0 Å². The number of hydrogen-bond acceptors (Lipinski definition) is 5. The molecule has 25 heavy (non-hydrogen) atoms. The fraction of sp³-hybridized carbons (Fsp3) is 0.737. The third-order valence-corrected chi connectivity index (χ3v) is 5.93. The van der Waals surface area contributed by atoms with Gasteiger partial charge in [-0.25, -0.2) is 0 Å². The molecule has 2 amide bonds. The number of carbonyl (C=O) groups is 3. The molecule has 6 nitrogen and oxygen atoms in total. The van der Waals surface area contributed by atoms with Gasteiger partial charge in [0, 0.05) is 13.5 Å². The monoisotopic (exact) mass is 348 g/mol. The molecule has 1 saturated heterocycles. The summed E-state index contributed by atoms with van der Waals surface area (Å²) in [6.07, 6.45) is 3.30. The second kappa shape index (κ2) is 6.24. The molecule has 2 bridgehead atoms. The molecule has 1 heterocycles. The van der Waals surface area contributed by atoms with Crippen LogP contribution in [0.2, 0.25) is 0 Å². The number of ether oxygens (including phenoxy) is 1. The fourth-order valence-corrected chi connectivity index (χ4v) is 5.27. The van der Waals surface area contributed by atoms with E-state index in [0.29, 0.717) is 13.0 Å². The molecule has 1 aliphatic heterocycles. The van der Waals surface area contributed by atoms with Crippen LogP contribution in [0.5, 0.6) is 0 Å². The molecule has 0 aromatic heterocycles. The predicted octanol–water partition coefficient (Wildman–Crippen LogP) is 1.46. The Kier molecular flexibility index (Phi) is 4.52. The minimum absolute atomic E-state index is 0.0673. The quantitative estimate of drug-likeness (QED) is 0.427. The Labute approximate surface area is 149 Å². The van der Waals surface area contributed by atoms with Crippen molar-refractivity contribution in [1.29, 1.82) is 0 Å². The lowest BCUT2D eigenvalue weighted by Crippen LogP contribution is -2.57. The van der Waals surface area contributed by atoms with Gasteiger partial charge in [0.05, 0.1) is 11.8 Å². The maximum Gasteiger partial charge on any atom is 0.303 e. The van der Waals surface area contributed by atoms with Gasteiger partial charge in [-0.2, -0.15) is 0 Å². The third kappa shape index (κ3) is 2.80. The van der Waals surface area contributed by atoms with Crippen LogP contribution in [0.1, 0.15) is 33.6 Å². The average Bonchev–Trinajstić information content (AvgIpc) is 2.71. The Bertz CT molecular complexity index is 641. The molecule has 5 atom stereocenters. The van der Waals surface area contributed by atoms with E-state index in [0.717, 1.165) is 18.5 Å². The van der Waals surface area contributed by atoms with Gasteiger partial charge in [0.25, 0.3) is 0 Å². The maximum absolute atomic E-state index is 13.1. The van der Waals surface area contributed by atoms with E-state index in [1.54, 1.807) is 0 Å². The highest BCUT2D eigenvalue weighted by Gasteiger charge is 2.67. The van der Waals surface area contributed by atoms with Gasteiger partial charge >= 0.3 is 5.97 Å². The zero-order valence-electron chi connectivity index (χ0n) is 15.7. The van der Waals surface area contributed by atoms with Crippen molar-refractivity contribution >= 4 is 17.8 Å². The minimum Gasteiger partial charge on any atom is -0.454 e. The number of nitrogens with zero attached hydrogens (tertiary/aromatic N) is 2. The molecule has 138 valence electrons. The largest absolute Gasteiger partial charge is 0.454 e. The van der Waals surface area contributed by atoms with Crippen LogP contribution in [-0.4, -0.2) is 60.4 Å². The zero-order valence-corrected chi connectivity index (χ0v) is 15.7. The molecule has 0 N–H and O–H groups in total. The van der Waals surface area contributed by atoms with Gasteiger partial charge in [0.2, 0.25) is 11.8 Å². The Morgan fingerprint density at radius 1 is 1.32 bits per heavy atom. The smallest absolute Gasteiger partial charge is 0.303 e. The van der Waals surface area contributed by atoms with E-state index in [1.165, 1.54) is 11.8 Å². The molecule has 2 fully saturated rings. The van der Waals surface area contributed by atoms with Crippen LogP contribution >= 0.6 is 0 Å². The first-order valence-corrected chi connectivity index (χ1v) is 9.07. The van der Waals surface area contributed by atoms with Gasteiger partial charge in [-0.15, -0.1) is 0 Å². The van der Waals surface area contributed by atoms with Gasteiger partial charge in [-0.3, -0.25) is 19.3 Å². The topological polar surface area (TPSA) is 66.9 Å². The molecule has 6 heteroatoms. The number of allylic oxidation sites excluding steroid dienone is 1. The summed E-state index contributed by atoms with van der Waals surface area (Å²) in [7, 11) is 3.94. The summed E-state index contributed by atoms with van der Waals surface area (Å²) in [6.45, 7) is 6.69. The number of carbonyl (C=O) groups excluding carboxylic acids is 3. The summed E-state index contributed by atoms with van der Waals surface area (Å²) in [5.74, 6) is -1.33. The molecule has 0 radical (unpaired) electrons. The number of likely N-dealkylation sites (tertiary alicyclic amines) is 1. The summed E-state index contributed by atoms with van der Waals surface area (Å²) in [6, 6.07) is 0. The zero-order chi connectivity index (χ0) is 18.5.